The molecule has 0 radical (unpaired) electrons. The van der Waals surface area contributed by atoms with E-state index in [0.29, 0.717) is 13.0 Å². The normalized spacial score (nSPS) is 28.2. The predicted molar refractivity (Wildman–Crippen MR) is 75.1 cm³/mol. The molecule has 4 atom stereocenters. The molecule has 118 valence electrons. The molecule has 0 saturated carbocycles. The van der Waals surface area contributed by atoms with E-state index in [0.717, 1.165) is 19.1 Å². The highest BCUT2D eigenvalue weighted by atomic mass is 16.8. The molecule has 0 aliphatic carbocycles. The van der Waals surface area contributed by atoms with Crippen LogP contribution in [0.2, 0.25) is 0 Å². The van der Waals surface area contributed by atoms with Gasteiger partial charge >= 0.3 is 0 Å². The average Bonchev–Trinajstić information content (AvgIpc) is 2.63. The van der Waals surface area contributed by atoms with Gasteiger partial charge in [-0.05, 0) is 33.6 Å². The molecule has 2 unspecified atom stereocenters. The number of carbonyl (C=O) groups is 1. The van der Waals surface area contributed by atoms with Crippen molar-refractivity contribution >= 4 is 6.29 Å². The van der Waals surface area contributed by atoms with Gasteiger partial charge in [0.15, 0.2) is 18.4 Å². The summed E-state index contributed by atoms with van der Waals surface area (Å²) in [5.41, 5.74) is 0. The quantitative estimate of drug-likeness (QED) is 0.371. The lowest BCUT2D eigenvalue weighted by Crippen LogP contribution is -2.32. The third-order valence-electron chi connectivity index (χ3n) is 3.15. The van der Waals surface area contributed by atoms with Gasteiger partial charge in [0.2, 0.25) is 0 Å². The topological polar surface area (TPSA) is 54.0 Å². The number of ether oxygens (including phenoxy) is 4. The van der Waals surface area contributed by atoms with Crippen LogP contribution in [0.3, 0.4) is 0 Å². The number of unbranched alkanes of at least 4 members (excludes halogenated alkanes) is 1. The Morgan fingerprint density at radius 2 is 2.00 bits per heavy atom. The van der Waals surface area contributed by atoms with Gasteiger partial charge in [0.05, 0.1) is 0 Å². The Kier molecular flexibility index (Phi) is 7.09. The minimum absolute atomic E-state index is 0.0834. The first-order valence-corrected chi connectivity index (χ1v) is 7.46. The largest absolute Gasteiger partial charge is 0.353 e. The van der Waals surface area contributed by atoms with Crippen LogP contribution < -0.4 is 0 Å². The van der Waals surface area contributed by atoms with E-state index in [4.69, 9.17) is 18.9 Å². The van der Waals surface area contributed by atoms with Gasteiger partial charge in [0.1, 0.15) is 12.4 Å². The van der Waals surface area contributed by atoms with Crippen molar-refractivity contribution in [3.63, 3.8) is 0 Å². The van der Waals surface area contributed by atoms with Crippen LogP contribution in [0.15, 0.2) is 0 Å². The van der Waals surface area contributed by atoms with Gasteiger partial charge in [-0.2, -0.15) is 0 Å². The lowest BCUT2D eigenvalue weighted by Gasteiger charge is -2.22. The molecule has 0 amide bonds. The summed E-state index contributed by atoms with van der Waals surface area (Å²) in [5.74, 6) is -0.777. The highest BCUT2D eigenvalue weighted by Gasteiger charge is 2.43. The molecule has 1 saturated heterocycles. The van der Waals surface area contributed by atoms with Gasteiger partial charge in [-0.15, -0.1) is 0 Å². The highest BCUT2D eigenvalue weighted by molar-refractivity contribution is 5.52. The van der Waals surface area contributed by atoms with Crippen molar-refractivity contribution in [2.24, 2.45) is 5.92 Å². The summed E-state index contributed by atoms with van der Waals surface area (Å²) in [6, 6.07) is 0. The van der Waals surface area contributed by atoms with Crippen LogP contribution in [0.1, 0.15) is 53.9 Å². The second-order valence-electron chi connectivity index (χ2n) is 5.82. The summed E-state index contributed by atoms with van der Waals surface area (Å²) < 4.78 is 22.9. The molecule has 1 rings (SSSR count). The van der Waals surface area contributed by atoms with E-state index in [2.05, 4.69) is 6.92 Å². The summed E-state index contributed by atoms with van der Waals surface area (Å²) >= 11 is 0. The summed E-state index contributed by atoms with van der Waals surface area (Å²) in [7, 11) is 0. The van der Waals surface area contributed by atoms with Crippen LogP contribution in [0.4, 0.5) is 0 Å². The first-order valence-electron chi connectivity index (χ1n) is 7.46. The van der Waals surface area contributed by atoms with Crippen LogP contribution >= 0.6 is 0 Å². The molecule has 5 heteroatoms. The molecule has 0 aromatic heterocycles. The van der Waals surface area contributed by atoms with E-state index in [1.165, 1.54) is 0 Å². The van der Waals surface area contributed by atoms with E-state index < -0.39 is 12.1 Å². The van der Waals surface area contributed by atoms with Gasteiger partial charge in [-0.3, -0.25) is 0 Å². The summed E-state index contributed by atoms with van der Waals surface area (Å²) in [4.78, 5) is 10.8. The zero-order valence-electron chi connectivity index (χ0n) is 13.3. The van der Waals surface area contributed by atoms with Crippen molar-refractivity contribution in [2.75, 3.05) is 6.61 Å². The van der Waals surface area contributed by atoms with Crippen LogP contribution in [-0.4, -0.2) is 37.4 Å². The second kappa shape index (κ2) is 8.08. The first kappa shape index (κ1) is 17.6. The van der Waals surface area contributed by atoms with Gasteiger partial charge in [-0.1, -0.05) is 20.3 Å². The maximum Gasteiger partial charge on any atom is 0.190 e. The molecule has 1 aliphatic rings. The Bertz CT molecular complexity index is 292. The van der Waals surface area contributed by atoms with Crippen molar-refractivity contribution in [3.05, 3.63) is 0 Å². The van der Waals surface area contributed by atoms with E-state index in [1.54, 1.807) is 0 Å². The second-order valence-corrected chi connectivity index (χ2v) is 5.82. The van der Waals surface area contributed by atoms with E-state index in [9.17, 15) is 4.79 Å². The van der Waals surface area contributed by atoms with Crippen molar-refractivity contribution in [2.45, 2.75) is 78.4 Å². The zero-order valence-corrected chi connectivity index (χ0v) is 13.3. The number of hydrogen-bond acceptors (Lipinski definition) is 5. The third-order valence-corrected chi connectivity index (χ3v) is 3.15. The Hall–Kier alpha value is -0.490. The molecule has 0 N–H and O–H groups in total. The van der Waals surface area contributed by atoms with E-state index in [1.807, 2.05) is 27.7 Å². The lowest BCUT2D eigenvalue weighted by molar-refractivity contribution is -0.250. The zero-order chi connectivity index (χ0) is 15.2. The van der Waals surface area contributed by atoms with E-state index in [-0.39, 0.29) is 18.3 Å². The standard InChI is InChI=1S/C15H28O5/c1-6-7-8-17-12(3)18-14-13(9-11(2)10-16)19-15(4,5)20-14/h10-14H,6-9H2,1-5H3/t11-,12?,13?,14+/m0/s1. The van der Waals surface area contributed by atoms with Crippen molar-refractivity contribution in [3.8, 4) is 0 Å². The van der Waals surface area contributed by atoms with Gasteiger partial charge in [0.25, 0.3) is 0 Å². The minimum atomic E-state index is -0.693. The molecule has 0 spiro atoms. The molecule has 0 bridgehead atoms. The lowest BCUT2D eigenvalue weighted by atomic mass is 10.1. The highest BCUT2D eigenvalue weighted by Crippen LogP contribution is 2.32. The maximum absolute atomic E-state index is 10.8. The Morgan fingerprint density at radius 1 is 1.30 bits per heavy atom. The minimum Gasteiger partial charge on any atom is -0.353 e. The first-order chi connectivity index (χ1) is 9.38. The Balaban J connectivity index is 2.49. The SMILES string of the molecule is CCCCOC(C)O[C@@H]1OC(C)(C)OC1C[C@H](C)C=O. The van der Waals surface area contributed by atoms with Crippen molar-refractivity contribution in [1.82, 2.24) is 0 Å². The van der Waals surface area contributed by atoms with Crippen molar-refractivity contribution < 1.29 is 23.7 Å². The molecular formula is C15H28O5. The molecular weight excluding hydrogens is 260 g/mol. The van der Waals surface area contributed by atoms with Crippen LogP contribution in [0.5, 0.6) is 0 Å². The number of hydrogen-bond donors (Lipinski definition) is 0. The van der Waals surface area contributed by atoms with Crippen LogP contribution in [-0.2, 0) is 23.7 Å². The van der Waals surface area contributed by atoms with Crippen molar-refractivity contribution in [1.29, 1.82) is 0 Å². The predicted octanol–water partition coefficient (Wildman–Crippen LogP) is 2.87. The molecule has 1 fully saturated rings. The fourth-order valence-electron chi connectivity index (χ4n) is 2.12. The van der Waals surface area contributed by atoms with Gasteiger partial charge < -0.3 is 23.7 Å². The third kappa shape index (κ3) is 5.87. The van der Waals surface area contributed by atoms with E-state index >= 15 is 0 Å². The van der Waals surface area contributed by atoms with Gasteiger partial charge in [0, 0.05) is 12.5 Å². The summed E-state index contributed by atoms with van der Waals surface area (Å²) in [5, 5.41) is 0. The molecule has 0 aromatic rings. The molecule has 5 nitrogen and oxygen atoms in total. The molecule has 0 aromatic carbocycles. The summed E-state index contributed by atoms with van der Waals surface area (Å²) in [6.07, 6.45) is 2.51. The number of carbonyl (C=O) groups excluding carboxylic acids is 1. The fraction of sp³-hybridized carbons (Fsp3) is 0.933. The number of rotatable bonds is 9. The van der Waals surface area contributed by atoms with Crippen LogP contribution in [0, 0.1) is 5.92 Å². The summed E-state index contributed by atoms with van der Waals surface area (Å²) in [6.45, 7) is 10.2. The monoisotopic (exact) mass is 288 g/mol. The van der Waals surface area contributed by atoms with Crippen LogP contribution in [0.25, 0.3) is 0 Å². The smallest absolute Gasteiger partial charge is 0.190 e. The Labute approximate surface area is 121 Å². The fourth-order valence-corrected chi connectivity index (χ4v) is 2.12. The molecule has 1 aliphatic heterocycles. The average molecular weight is 288 g/mol. The molecule has 1 heterocycles. The van der Waals surface area contributed by atoms with Gasteiger partial charge in [-0.25, -0.2) is 0 Å². The number of aldehydes is 1. The maximum atomic E-state index is 10.8. The Morgan fingerprint density at radius 3 is 2.60 bits per heavy atom. The molecule has 20 heavy (non-hydrogen) atoms.